The Labute approximate surface area is 213 Å². The number of benzene rings is 2. The Hall–Kier alpha value is -5.16. The normalized spacial score (nSPS) is 11.2. The van der Waals surface area contributed by atoms with Crippen molar-refractivity contribution < 1.29 is 0 Å². The summed E-state index contributed by atoms with van der Waals surface area (Å²) >= 11 is 0. The van der Waals surface area contributed by atoms with Crippen LogP contribution in [0.1, 0.15) is 0 Å². The standard InChI is InChI=1S/C32H21N5/c1-5-13-33-27(9-1)21-17-23-24-18-22(28-10-2-6-14-34-28)20-26(30-12-4-8-16-36-30)32(24)37-31(23)25(19-21)29-11-3-7-15-35-29/h1-20,37H. The minimum absolute atomic E-state index is 0.904. The zero-order chi connectivity index (χ0) is 24.6. The summed E-state index contributed by atoms with van der Waals surface area (Å²) in [7, 11) is 0. The molecule has 0 spiro atoms. The molecule has 0 radical (unpaired) electrons. The SMILES string of the molecule is c1ccc(-c2cc(-c3ccccn3)c3[nH]c4c(-c5ccccn5)cc(-c5ccccn5)cc4c3c2)nc1. The van der Waals surface area contributed by atoms with Gasteiger partial charge in [-0.15, -0.1) is 0 Å². The fourth-order valence-electron chi connectivity index (χ4n) is 4.91. The summed E-state index contributed by atoms with van der Waals surface area (Å²) in [5.41, 5.74) is 9.84. The molecule has 5 heteroatoms. The molecule has 0 atom stereocenters. The van der Waals surface area contributed by atoms with E-state index in [1.807, 2.05) is 97.6 Å². The summed E-state index contributed by atoms with van der Waals surface area (Å²) in [4.78, 5) is 22.4. The van der Waals surface area contributed by atoms with E-state index in [-0.39, 0.29) is 0 Å². The molecule has 0 fully saturated rings. The highest BCUT2D eigenvalue weighted by Crippen LogP contribution is 2.41. The molecule has 1 N–H and O–H groups in total. The van der Waals surface area contributed by atoms with Gasteiger partial charge in [-0.25, -0.2) is 0 Å². The third-order valence-electron chi connectivity index (χ3n) is 6.62. The van der Waals surface area contributed by atoms with Crippen LogP contribution in [0.4, 0.5) is 0 Å². The first-order valence-electron chi connectivity index (χ1n) is 12.1. The number of pyridine rings is 4. The van der Waals surface area contributed by atoms with Crippen molar-refractivity contribution in [3.8, 4) is 45.0 Å². The van der Waals surface area contributed by atoms with Crippen LogP contribution in [0.2, 0.25) is 0 Å². The first kappa shape index (κ1) is 21.1. The Morgan fingerprint density at radius 2 is 0.784 bits per heavy atom. The second kappa shape index (κ2) is 8.81. The van der Waals surface area contributed by atoms with Crippen molar-refractivity contribution in [1.29, 1.82) is 0 Å². The molecule has 0 aliphatic heterocycles. The van der Waals surface area contributed by atoms with E-state index in [4.69, 9.17) is 0 Å². The average Bonchev–Trinajstić information content (AvgIpc) is 3.36. The summed E-state index contributed by atoms with van der Waals surface area (Å²) in [6.07, 6.45) is 7.31. The highest BCUT2D eigenvalue weighted by atomic mass is 14.8. The summed E-state index contributed by atoms with van der Waals surface area (Å²) in [6, 6.07) is 32.7. The summed E-state index contributed by atoms with van der Waals surface area (Å²) < 4.78 is 0. The van der Waals surface area contributed by atoms with Gasteiger partial charge < -0.3 is 4.98 Å². The smallest absolute Gasteiger partial charge is 0.0723 e. The second-order valence-corrected chi connectivity index (χ2v) is 8.88. The number of hydrogen-bond donors (Lipinski definition) is 1. The summed E-state index contributed by atoms with van der Waals surface area (Å²) in [6.45, 7) is 0. The minimum atomic E-state index is 0.904. The lowest BCUT2D eigenvalue weighted by Crippen LogP contribution is -1.88. The van der Waals surface area contributed by atoms with E-state index >= 15 is 0 Å². The molecule has 0 bridgehead atoms. The molecule has 0 saturated carbocycles. The van der Waals surface area contributed by atoms with Crippen LogP contribution in [0.3, 0.4) is 0 Å². The van der Waals surface area contributed by atoms with Crippen molar-refractivity contribution in [2.24, 2.45) is 0 Å². The quantitative estimate of drug-likeness (QED) is 0.285. The Morgan fingerprint density at radius 3 is 1.14 bits per heavy atom. The molecular formula is C32H21N5. The van der Waals surface area contributed by atoms with Gasteiger partial charge in [0.05, 0.1) is 33.8 Å². The molecule has 0 aliphatic rings. The predicted octanol–water partition coefficient (Wildman–Crippen LogP) is 7.57. The largest absolute Gasteiger partial charge is 0.353 e. The average molecular weight is 476 g/mol. The molecule has 5 heterocycles. The van der Waals surface area contributed by atoms with E-state index in [1.165, 1.54) is 0 Å². The number of nitrogens with zero attached hydrogens (tertiary/aromatic N) is 4. The molecule has 5 aromatic heterocycles. The molecule has 5 nitrogen and oxygen atoms in total. The Morgan fingerprint density at radius 1 is 0.405 bits per heavy atom. The van der Waals surface area contributed by atoms with Crippen molar-refractivity contribution in [1.82, 2.24) is 24.9 Å². The van der Waals surface area contributed by atoms with Gasteiger partial charge in [0.1, 0.15) is 0 Å². The molecule has 0 saturated heterocycles. The third-order valence-corrected chi connectivity index (χ3v) is 6.62. The van der Waals surface area contributed by atoms with Crippen LogP contribution in [-0.4, -0.2) is 24.9 Å². The topological polar surface area (TPSA) is 67.3 Å². The summed E-state index contributed by atoms with van der Waals surface area (Å²) in [5, 5.41) is 2.21. The van der Waals surface area contributed by atoms with Crippen molar-refractivity contribution in [3.05, 3.63) is 122 Å². The number of fused-ring (bicyclic) bond motifs is 3. The van der Waals surface area contributed by atoms with E-state index in [0.29, 0.717) is 0 Å². The van der Waals surface area contributed by atoms with Gasteiger partial charge in [-0.3, -0.25) is 19.9 Å². The zero-order valence-corrected chi connectivity index (χ0v) is 19.8. The Kier molecular flexibility index (Phi) is 5.03. The van der Waals surface area contributed by atoms with Crippen molar-refractivity contribution in [3.63, 3.8) is 0 Å². The maximum atomic E-state index is 4.69. The second-order valence-electron chi connectivity index (χ2n) is 8.88. The van der Waals surface area contributed by atoms with Crippen LogP contribution >= 0.6 is 0 Å². The lowest BCUT2D eigenvalue weighted by Gasteiger charge is -2.08. The van der Waals surface area contributed by atoms with E-state index in [0.717, 1.165) is 66.8 Å². The van der Waals surface area contributed by atoms with Crippen molar-refractivity contribution >= 4 is 21.8 Å². The van der Waals surface area contributed by atoms with Crippen LogP contribution in [0.5, 0.6) is 0 Å². The van der Waals surface area contributed by atoms with E-state index in [2.05, 4.69) is 49.2 Å². The molecule has 7 rings (SSSR count). The summed E-state index contributed by atoms with van der Waals surface area (Å²) in [5.74, 6) is 0. The zero-order valence-electron chi connectivity index (χ0n) is 19.8. The highest BCUT2D eigenvalue weighted by Gasteiger charge is 2.18. The lowest BCUT2D eigenvalue weighted by atomic mass is 9.97. The number of aromatic amines is 1. The molecular weight excluding hydrogens is 454 g/mol. The Bertz CT molecular complexity index is 1710. The Balaban J connectivity index is 1.61. The van der Waals surface area contributed by atoms with Gasteiger partial charge in [0.2, 0.25) is 0 Å². The number of aromatic nitrogens is 5. The molecule has 0 amide bonds. The van der Waals surface area contributed by atoms with Gasteiger partial charge in [0.15, 0.2) is 0 Å². The van der Waals surface area contributed by atoms with Crippen LogP contribution in [0, 0.1) is 0 Å². The monoisotopic (exact) mass is 475 g/mol. The number of rotatable bonds is 4. The van der Waals surface area contributed by atoms with Gasteiger partial charge in [0, 0.05) is 57.8 Å². The van der Waals surface area contributed by atoms with Gasteiger partial charge in [-0.1, -0.05) is 24.3 Å². The third kappa shape index (κ3) is 3.74. The fraction of sp³-hybridized carbons (Fsp3) is 0. The molecule has 174 valence electrons. The van der Waals surface area contributed by atoms with Crippen molar-refractivity contribution in [2.75, 3.05) is 0 Å². The fourth-order valence-corrected chi connectivity index (χ4v) is 4.91. The maximum Gasteiger partial charge on any atom is 0.0723 e. The van der Waals surface area contributed by atoms with E-state index in [9.17, 15) is 0 Å². The minimum Gasteiger partial charge on any atom is -0.353 e. The molecule has 0 unspecified atom stereocenters. The number of hydrogen-bond acceptors (Lipinski definition) is 4. The number of nitrogens with one attached hydrogen (secondary N) is 1. The molecule has 2 aromatic carbocycles. The lowest BCUT2D eigenvalue weighted by molar-refractivity contribution is 1.31. The van der Waals surface area contributed by atoms with E-state index in [1.54, 1.807) is 0 Å². The molecule has 7 aromatic rings. The first-order chi connectivity index (χ1) is 18.3. The molecule has 0 aliphatic carbocycles. The van der Waals surface area contributed by atoms with Gasteiger partial charge in [0.25, 0.3) is 0 Å². The highest BCUT2D eigenvalue weighted by molar-refractivity contribution is 6.17. The van der Waals surface area contributed by atoms with Gasteiger partial charge in [-0.05, 0) is 72.8 Å². The first-order valence-corrected chi connectivity index (χ1v) is 12.1. The van der Waals surface area contributed by atoms with Crippen molar-refractivity contribution in [2.45, 2.75) is 0 Å². The van der Waals surface area contributed by atoms with Crippen LogP contribution in [-0.2, 0) is 0 Å². The maximum absolute atomic E-state index is 4.69. The van der Waals surface area contributed by atoms with Crippen LogP contribution in [0.15, 0.2) is 122 Å². The van der Waals surface area contributed by atoms with Gasteiger partial charge >= 0.3 is 0 Å². The molecule has 37 heavy (non-hydrogen) atoms. The number of H-pyrrole nitrogens is 1. The van der Waals surface area contributed by atoms with Crippen LogP contribution < -0.4 is 0 Å². The van der Waals surface area contributed by atoms with E-state index < -0.39 is 0 Å². The predicted molar refractivity (Wildman–Crippen MR) is 149 cm³/mol. The van der Waals surface area contributed by atoms with Crippen LogP contribution in [0.25, 0.3) is 66.8 Å². The van der Waals surface area contributed by atoms with Gasteiger partial charge in [-0.2, -0.15) is 0 Å².